The van der Waals surface area contributed by atoms with Crippen LogP contribution in [0.4, 0.5) is 0 Å². The third-order valence-electron chi connectivity index (χ3n) is 3.04. The van der Waals surface area contributed by atoms with Crippen molar-refractivity contribution in [1.82, 2.24) is 5.32 Å². The van der Waals surface area contributed by atoms with E-state index < -0.39 is 0 Å². The Hall–Kier alpha value is -1.39. The quantitative estimate of drug-likeness (QED) is 0.666. The third kappa shape index (κ3) is 6.36. The van der Waals surface area contributed by atoms with Crippen LogP contribution in [0, 0.1) is 0 Å². The van der Waals surface area contributed by atoms with Gasteiger partial charge in [-0.2, -0.15) is 0 Å². The molecule has 0 aliphatic heterocycles. The molecule has 19 heavy (non-hydrogen) atoms. The standard InChI is InChI=1S/C15H24N2O2/c1-19-10-6-2-5-9-17-15(18)11-13-7-3-4-8-14(13)12-16/h3-4,7-8H,2,5-6,9-12,16H2,1H3,(H,17,18). The highest BCUT2D eigenvalue weighted by Crippen LogP contribution is 2.08. The zero-order chi connectivity index (χ0) is 13.9. The maximum Gasteiger partial charge on any atom is 0.224 e. The van der Waals surface area contributed by atoms with Crippen LogP contribution in [0.1, 0.15) is 30.4 Å². The van der Waals surface area contributed by atoms with Gasteiger partial charge in [0.15, 0.2) is 0 Å². The summed E-state index contributed by atoms with van der Waals surface area (Å²) in [5, 5.41) is 2.94. The van der Waals surface area contributed by atoms with Crippen molar-refractivity contribution < 1.29 is 9.53 Å². The van der Waals surface area contributed by atoms with Gasteiger partial charge in [0.1, 0.15) is 0 Å². The van der Waals surface area contributed by atoms with Crippen LogP contribution >= 0.6 is 0 Å². The molecule has 1 rings (SSSR count). The zero-order valence-electron chi connectivity index (χ0n) is 11.7. The van der Waals surface area contributed by atoms with Crippen molar-refractivity contribution in [2.24, 2.45) is 5.73 Å². The van der Waals surface area contributed by atoms with Gasteiger partial charge in [-0.05, 0) is 30.4 Å². The Morgan fingerprint density at radius 1 is 1.21 bits per heavy atom. The van der Waals surface area contributed by atoms with Gasteiger partial charge >= 0.3 is 0 Å². The van der Waals surface area contributed by atoms with Crippen molar-refractivity contribution in [3.63, 3.8) is 0 Å². The van der Waals surface area contributed by atoms with Crippen LogP contribution in [0.15, 0.2) is 24.3 Å². The highest BCUT2D eigenvalue weighted by molar-refractivity contribution is 5.78. The minimum absolute atomic E-state index is 0.0626. The molecule has 1 aromatic carbocycles. The zero-order valence-corrected chi connectivity index (χ0v) is 11.7. The lowest BCUT2D eigenvalue weighted by atomic mass is 10.0. The molecule has 0 aliphatic rings. The van der Waals surface area contributed by atoms with Crippen LogP contribution in [0.25, 0.3) is 0 Å². The van der Waals surface area contributed by atoms with Crippen LogP contribution in [-0.4, -0.2) is 26.2 Å². The molecule has 0 aliphatic carbocycles. The number of nitrogens with two attached hydrogens (primary N) is 1. The number of hydrogen-bond acceptors (Lipinski definition) is 3. The summed E-state index contributed by atoms with van der Waals surface area (Å²) in [6, 6.07) is 7.81. The lowest BCUT2D eigenvalue weighted by Gasteiger charge is -2.08. The highest BCUT2D eigenvalue weighted by atomic mass is 16.5. The first-order chi connectivity index (χ1) is 9.27. The first-order valence-corrected chi connectivity index (χ1v) is 6.80. The van der Waals surface area contributed by atoms with Crippen molar-refractivity contribution >= 4 is 5.91 Å². The van der Waals surface area contributed by atoms with Crippen LogP contribution in [0.2, 0.25) is 0 Å². The largest absolute Gasteiger partial charge is 0.385 e. The normalized spacial score (nSPS) is 10.4. The van der Waals surface area contributed by atoms with E-state index in [1.54, 1.807) is 7.11 Å². The molecule has 0 unspecified atom stereocenters. The van der Waals surface area contributed by atoms with Gasteiger partial charge in [0, 0.05) is 26.8 Å². The Bertz CT molecular complexity index is 380. The number of ether oxygens (including phenoxy) is 1. The smallest absolute Gasteiger partial charge is 0.224 e. The first-order valence-electron chi connectivity index (χ1n) is 6.80. The Morgan fingerprint density at radius 3 is 2.63 bits per heavy atom. The van der Waals surface area contributed by atoms with Crippen molar-refractivity contribution in [2.45, 2.75) is 32.2 Å². The van der Waals surface area contributed by atoms with Gasteiger partial charge in [0.2, 0.25) is 5.91 Å². The van der Waals surface area contributed by atoms with Crippen LogP contribution in [-0.2, 0) is 22.5 Å². The number of carbonyl (C=O) groups is 1. The second kappa shape index (κ2) is 9.53. The number of hydrogen-bond donors (Lipinski definition) is 2. The SMILES string of the molecule is COCCCCCNC(=O)Cc1ccccc1CN. The van der Waals surface area contributed by atoms with E-state index in [9.17, 15) is 4.79 Å². The lowest BCUT2D eigenvalue weighted by molar-refractivity contribution is -0.120. The predicted octanol–water partition coefficient (Wildman–Crippen LogP) is 1.62. The average molecular weight is 264 g/mol. The molecule has 4 nitrogen and oxygen atoms in total. The topological polar surface area (TPSA) is 64.3 Å². The Balaban J connectivity index is 2.23. The summed E-state index contributed by atoms with van der Waals surface area (Å²) in [5.74, 6) is 0.0626. The molecule has 4 heteroatoms. The molecule has 0 atom stereocenters. The Morgan fingerprint density at radius 2 is 1.95 bits per heavy atom. The van der Waals surface area contributed by atoms with E-state index in [-0.39, 0.29) is 5.91 Å². The molecule has 0 fully saturated rings. The van der Waals surface area contributed by atoms with Gasteiger partial charge in [-0.3, -0.25) is 4.79 Å². The number of unbranched alkanes of at least 4 members (excludes halogenated alkanes) is 2. The molecular weight excluding hydrogens is 240 g/mol. The van der Waals surface area contributed by atoms with Gasteiger partial charge in [-0.25, -0.2) is 0 Å². The second-order valence-electron chi connectivity index (χ2n) is 4.55. The molecule has 0 aromatic heterocycles. The van der Waals surface area contributed by atoms with E-state index in [1.807, 2.05) is 24.3 Å². The minimum atomic E-state index is 0.0626. The van der Waals surface area contributed by atoms with Crippen molar-refractivity contribution in [3.05, 3.63) is 35.4 Å². The molecule has 0 saturated carbocycles. The van der Waals surface area contributed by atoms with Crippen LogP contribution < -0.4 is 11.1 Å². The molecule has 3 N–H and O–H groups in total. The van der Waals surface area contributed by atoms with E-state index in [2.05, 4.69) is 5.32 Å². The molecule has 0 heterocycles. The van der Waals surface area contributed by atoms with E-state index in [0.717, 1.165) is 43.5 Å². The van der Waals surface area contributed by atoms with Gasteiger partial charge in [-0.1, -0.05) is 24.3 Å². The fraction of sp³-hybridized carbons (Fsp3) is 0.533. The highest BCUT2D eigenvalue weighted by Gasteiger charge is 2.06. The summed E-state index contributed by atoms with van der Waals surface area (Å²) in [4.78, 5) is 11.8. The minimum Gasteiger partial charge on any atom is -0.385 e. The van der Waals surface area contributed by atoms with Crippen molar-refractivity contribution in [3.8, 4) is 0 Å². The second-order valence-corrected chi connectivity index (χ2v) is 4.55. The molecule has 1 aromatic rings. The van der Waals surface area contributed by atoms with E-state index in [0.29, 0.717) is 13.0 Å². The van der Waals surface area contributed by atoms with E-state index >= 15 is 0 Å². The number of benzene rings is 1. The molecule has 0 bridgehead atoms. The summed E-state index contributed by atoms with van der Waals surface area (Å²) in [6.45, 7) is 1.99. The summed E-state index contributed by atoms with van der Waals surface area (Å²) in [6.07, 6.45) is 3.52. The molecule has 1 amide bonds. The molecule has 106 valence electrons. The van der Waals surface area contributed by atoms with Crippen molar-refractivity contribution in [2.75, 3.05) is 20.3 Å². The molecular formula is C15H24N2O2. The predicted molar refractivity (Wildman–Crippen MR) is 76.8 cm³/mol. The molecule has 0 saturated heterocycles. The van der Waals surface area contributed by atoms with Gasteiger partial charge in [0.25, 0.3) is 0 Å². The maximum atomic E-state index is 11.8. The number of carbonyl (C=O) groups excluding carboxylic acids is 1. The average Bonchev–Trinajstić information content (AvgIpc) is 2.43. The Kier molecular flexibility index (Phi) is 7.86. The van der Waals surface area contributed by atoms with Gasteiger partial charge in [-0.15, -0.1) is 0 Å². The van der Waals surface area contributed by atoms with E-state index in [1.165, 1.54) is 0 Å². The monoisotopic (exact) mass is 264 g/mol. The van der Waals surface area contributed by atoms with Crippen LogP contribution in [0.5, 0.6) is 0 Å². The molecule has 0 radical (unpaired) electrons. The Labute approximate surface area is 115 Å². The summed E-state index contributed by atoms with van der Waals surface area (Å²) < 4.78 is 4.97. The van der Waals surface area contributed by atoms with Gasteiger partial charge in [0.05, 0.1) is 6.42 Å². The number of rotatable bonds is 9. The fourth-order valence-corrected chi connectivity index (χ4v) is 1.94. The third-order valence-corrected chi connectivity index (χ3v) is 3.04. The fourth-order valence-electron chi connectivity index (χ4n) is 1.94. The lowest BCUT2D eigenvalue weighted by Crippen LogP contribution is -2.26. The first kappa shape index (κ1) is 15.7. The van der Waals surface area contributed by atoms with Crippen LogP contribution in [0.3, 0.4) is 0 Å². The van der Waals surface area contributed by atoms with Crippen molar-refractivity contribution in [1.29, 1.82) is 0 Å². The number of methoxy groups -OCH3 is 1. The number of amides is 1. The van der Waals surface area contributed by atoms with Gasteiger partial charge < -0.3 is 15.8 Å². The number of nitrogens with one attached hydrogen (secondary N) is 1. The van der Waals surface area contributed by atoms with E-state index in [4.69, 9.17) is 10.5 Å². The summed E-state index contributed by atoms with van der Waals surface area (Å²) in [5.41, 5.74) is 7.71. The summed E-state index contributed by atoms with van der Waals surface area (Å²) in [7, 11) is 1.71. The molecule has 0 spiro atoms. The maximum absolute atomic E-state index is 11.8. The summed E-state index contributed by atoms with van der Waals surface area (Å²) >= 11 is 0.